The minimum absolute atomic E-state index is 0.315. The van der Waals surface area contributed by atoms with E-state index in [0.29, 0.717) is 31.9 Å². The molecule has 18 heavy (non-hydrogen) atoms. The molecule has 0 aliphatic carbocycles. The zero-order valence-corrected chi connectivity index (χ0v) is 9.83. The third-order valence-electron chi connectivity index (χ3n) is 3.03. The maximum atomic E-state index is 13.5. The van der Waals surface area contributed by atoms with Crippen molar-refractivity contribution in [2.45, 2.75) is 0 Å². The van der Waals surface area contributed by atoms with Gasteiger partial charge in [-0.3, -0.25) is 0 Å². The summed E-state index contributed by atoms with van der Waals surface area (Å²) in [7, 11) is 0. The molecule has 0 spiro atoms. The maximum Gasteiger partial charge on any atom is 0.492 e. The zero-order chi connectivity index (χ0) is 13.2. The fourth-order valence-electron chi connectivity index (χ4n) is 2.17. The van der Waals surface area contributed by atoms with E-state index in [-0.39, 0.29) is 5.82 Å². The first-order chi connectivity index (χ1) is 8.46. The number of hydrogen-bond donors (Lipinski definition) is 0. The Morgan fingerprint density at radius 2 is 1.61 bits per heavy atom. The van der Waals surface area contributed by atoms with Crippen molar-refractivity contribution in [3.05, 3.63) is 30.1 Å². The molecule has 0 radical (unpaired) electrons. The summed E-state index contributed by atoms with van der Waals surface area (Å²) in [4.78, 5) is 3.16. The SMILES string of the molecule is Fc1ccccc1N1CCN(C[B-](F)(F)F)CC1. The highest BCUT2D eigenvalue weighted by molar-refractivity contribution is 6.58. The van der Waals surface area contributed by atoms with E-state index in [1.54, 1.807) is 23.1 Å². The van der Waals surface area contributed by atoms with Crippen LogP contribution in [0.15, 0.2) is 24.3 Å². The molecule has 0 bridgehead atoms. The second-order valence-electron chi connectivity index (χ2n) is 4.45. The third kappa shape index (κ3) is 3.38. The highest BCUT2D eigenvalue weighted by Crippen LogP contribution is 2.21. The predicted octanol–water partition coefficient (Wildman–Crippen LogP) is 2.33. The first kappa shape index (κ1) is 13.2. The first-order valence-corrected chi connectivity index (χ1v) is 5.88. The van der Waals surface area contributed by atoms with Crippen molar-refractivity contribution < 1.29 is 17.3 Å². The Hall–Kier alpha value is -1.24. The Morgan fingerprint density at radius 1 is 1.00 bits per heavy atom. The maximum absolute atomic E-state index is 13.5. The molecule has 0 amide bonds. The number of piperazine rings is 1. The first-order valence-electron chi connectivity index (χ1n) is 5.88. The third-order valence-corrected chi connectivity index (χ3v) is 3.03. The number of benzene rings is 1. The Labute approximate surface area is 103 Å². The molecule has 1 aromatic carbocycles. The fourth-order valence-corrected chi connectivity index (χ4v) is 2.17. The molecular weight excluding hydrogens is 247 g/mol. The lowest BCUT2D eigenvalue weighted by molar-refractivity contribution is 0.263. The molecule has 1 fully saturated rings. The smallest absolute Gasteiger partial charge is 0.448 e. The van der Waals surface area contributed by atoms with Gasteiger partial charge in [-0.05, 0) is 18.6 Å². The van der Waals surface area contributed by atoms with Gasteiger partial charge in [-0.2, -0.15) is 0 Å². The van der Waals surface area contributed by atoms with Crippen LogP contribution in [0.3, 0.4) is 0 Å². The topological polar surface area (TPSA) is 6.48 Å². The number of halogens is 4. The Balaban J connectivity index is 1.93. The van der Waals surface area contributed by atoms with Crippen LogP contribution in [-0.2, 0) is 0 Å². The van der Waals surface area contributed by atoms with Crippen molar-refractivity contribution in [1.29, 1.82) is 0 Å². The van der Waals surface area contributed by atoms with Crippen LogP contribution in [0, 0.1) is 5.82 Å². The number of nitrogens with zero attached hydrogens (tertiary/aromatic N) is 2. The lowest BCUT2D eigenvalue weighted by Crippen LogP contribution is -2.50. The summed E-state index contributed by atoms with van der Waals surface area (Å²) < 4.78 is 50.3. The molecule has 0 saturated carbocycles. The fraction of sp³-hybridized carbons (Fsp3) is 0.455. The van der Waals surface area contributed by atoms with Crippen molar-refractivity contribution in [2.75, 3.05) is 37.5 Å². The number of para-hydroxylation sites is 1. The van der Waals surface area contributed by atoms with E-state index in [2.05, 4.69) is 0 Å². The Bertz CT molecular complexity index is 402. The van der Waals surface area contributed by atoms with Gasteiger partial charge in [0, 0.05) is 26.2 Å². The Morgan fingerprint density at radius 3 is 2.17 bits per heavy atom. The van der Waals surface area contributed by atoms with Crippen molar-refractivity contribution >= 4 is 12.7 Å². The molecular formula is C11H14BF4N2-. The number of rotatable bonds is 3. The van der Waals surface area contributed by atoms with Crippen LogP contribution in [-0.4, -0.2) is 44.5 Å². The highest BCUT2D eigenvalue weighted by Gasteiger charge is 2.28. The molecule has 0 unspecified atom stereocenters. The van der Waals surface area contributed by atoms with Gasteiger partial charge in [0.1, 0.15) is 5.82 Å². The summed E-state index contributed by atoms with van der Waals surface area (Å²) in [6.45, 7) is -3.30. The van der Waals surface area contributed by atoms with E-state index in [0.717, 1.165) is 0 Å². The largest absolute Gasteiger partial charge is 0.492 e. The van der Waals surface area contributed by atoms with Crippen molar-refractivity contribution in [2.24, 2.45) is 0 Å². The van der Waals surface area contributed by atoms with Gasteiger partial charge >= 0.3 is 6.98 Å². The van der Waals surface area contributed by atoms with Crippen LogP contribution in [0.4, 0.5) is 23.0 Å². The summed E-state index contributed by atoms with van der Waals surface area (Å²) in [5, 5.41) is 0. The molecule has 0 aromatic heterocycles. The van der Waals surface area contributed by atoms with Gasteiger partial charge in [-0.15, -0.1) is 0 Å². The van der Waals surface area contributed by atoms with Gasteiger partial charge in [0.2, 0.25) is 0 Å². The molecule has 0 N–H and O–H groups in total. The van der Waals surface area contributed by atoms with E-state index in [4.69, 9.17) is 0 Å². The second-order valence-corrected chi connectivity index (χ2v) is 4.45. The van der Waals surface area contributed by atoms with Gasteiger partial charge < -0.3 is 22.7 Å². The van der Waals surface area contributed by atoms with Crippen molar-refractivity contribution in [3.63, 3.8) is 0 Å². The number of anilines is 1. The van der Waals surface area contributed by atoms with Crippen LogP contribution in [0.2, 0.25) is 0 Å². The molecule has 1 aliphatic heterocycles. The summed E-state index contributed by atoms with van der Waals surface area (Å²) >= 11 is 0. The molecule has 2 nitrogen and oxygen atoms in total. The molecule has 2 rings (SSSR count). The minimum atomic E-state index is -4.78. The summed E-state index contributed by atoms with van der Waals surface area (Å²) in [5.74, 6) is -0.328. The highest BCUT2D eigenvalue weighted by atomic mass is 19.4. The van der Waals surface area contributed by atoms with E-state index in [9.17, 15) is 17.3 Å². The molecule has 0 atom stereocenters. The van der Waals surface area contributed by atoms with Gasteiger partial charge in [-0.1, -0.05) is 12.1 Å². The van der Waals surface area contributed by atoms with Crippen LogP contribution in [0.5, 0.6) is 0 Å². The molecule has 1 heterocycles. The van der Waals surface area contributed by atoms with Crippen molar-refractivity contribution in [3.8, 4) is 0 Å². The Kier molecular flexibility index (Phi) is 3.80. The van der Waals surface area contributed by atoms with Crippen LogP contribution >= 0.6 is 0 Å². The summed E-state index contributed by atoms with van der Waals surface area (Å²) in [6.07, 6.45) is -0.828. The number of hydrogen-bond acceptors (Lipinski definition) is 2. The van der Waals surface area contributed by atoms with Crippen LogP contribution in [0.25, 0.3) is 0 Å². The van der Waals surface area contributed by atoms with E-state index >= 15 is 0 Å². The lowest BCUT2D eigenvalue weighted by atomic mass is 9.91. The second kappa shape index (κ2) is 5.18. The molecule has 1 aliphatic rings. The average molecular weight is 261 g/mol. The lowest BCUT2D eigenvalue weighted by Gasteiger charge is -2.38. The van der Waals surface area contributed by atoms with E-state index in [1.807, 2.05) is 0 Å². The monoisotopic (exact) mass is 261 g/mol. The summed E-state index contributed by atoms with van der Waals surface area (Å²) in [6, 6.07) is 6.34. The van der Waals surface area contributed by atoms with E-state index < -0.39 is 13.4 Å². The zero-order valence-electron chi connectivity index (χ0n) is 9.83. The van der Waals surface area contributed by atoms with Crippen LogP contribution < -0.4 is 4.90 Å². The summed E-state index contributed by atoms with van der Waals surface area (Å²) in [5.41, 5.74) is 0.467. The van der Waals surface area contributed by atoms with E-state index in [1.165, 1.54) is 11.0 Å². The molecule has 1 aromatic rings. The van der Waals surface area contributed by atoms with Gasteiger partial charge in [0.15, 0.2) is 0 Å². The van der Waals surface area contributed by atoms with Gasteiger partial charge in [0.05, 0.1) is 5.69 Å². The quantitative estimate of drug-likeness (QED) is 0.608. The normalized spacial score (nSPS) is 18.1. The van der Waals surface area contributed by atoms with Crippen LogP contribution in [0.1, 0.15) is 0 Å². The minimum Gasteiger partial charge on any atom is -0.448 e. The average Bonchev–Trinajstić information content (AvgIpc) is 2.29. The molecule has 7 heteroatoms. The van der Waals surface area contributed by atoms with Crippen molar-refractivity contribution in [1.82, 2.24) is 4.90 Å². The molecule has 1 saturated heterocycles. The standard InChI is InChI=1S/C11H14BF4N2/c13-10-3-1-2-4-11(10)18-7-5-17(6-8-18)9-12(14,15)16/h1-4H,5-9H2/q-1. The molecule has 100 valence electrons. The predicted molar refractivity (Wildman–Crippen MR) is 64.1 cm³/mol. The van der Waals surface area contributed by atoms with Gasteiger partial charge in [-0.25, -0.2) is 4.39 Å². The van der Waals surface area contributed by atoms with Gasteiger partial charge in [0.25, 0.3) is 0 Å².